The smallest absolute Gasteiger partial charge is 0.276 e. The molecule has 1 unspecified atom stereocenters. The zero-order valence-corrected chi connectivity index (χ0v) is 16.0. The molecule has 0 radical (unpaired) electrons. The highest BCUT2D eigenvalue weighted by Gasteiger charge is 2.21. The Morgan fingerprint density at radius 2 is 1.88 bits per heavy atom. The van der Waals surface area contributed by atoms with Gasteiger partial charge < -0.3 is 10.4 Å². The summed E-state index contributed by atoms with van der Waals surface area (Å²) in [5, 5.41) is 13.7. The van der Waals surface area contributed by atoms with Crippen LogP contribution in [0.3, 0.4) is 0 Å². The van der Waals surface area contributed by atoms with E-state index in [1.165, 1.54) is 0 Å². The molecule has 5 heteroatoms. The zero-order chi connectivity index (χ0) is 18.6. The molecule has 0 saturated carbocycles. The van der Waals surface area contributed by atoms with Crippen molar-refractivity contribution in [1.82, 2.24) is 14.7 Å². The van der Waals surface area contributed by atoms with E-state index in [1.807, 2.05) is 55.9 Å². The average Bonchev–Trinajstić information content (AvgIpc) is 2.77. The largest absolute Gasteiger partial charge is 0.389 e. The van der Waals surface area contributed by atoms with E-state index in [0.29, 0.717) is 19.0 Å². The van der Waals surface area contributed by atoms with Crippen LogP contribution < -0.4 is 10.9 Å². The van der Waals surface area contributed by atoms with Gasteiger partial charge in [0, 0.05) is 25.8 Å². The molecular formula is C20H31N3O2. The quantitative estimate of drug-likeness (QED) is 0.773. The summed E-state index contributed by atoms with van der Waals surface area (Å²) in [4.78, 5) is 12.8. The van der Waals surface area contributed by atoms with Crippen molar-refractivity contribution < 1.29 is 5.11 Å². The van der Waals surface area contributed by atoms with Gasteiger partial charge in [-0.05, 0) is 44.7 Å². The van der Waals surface area contributed by atoms with Gasteiger partial charge in [-0.1, -0.05) is 32.0 Å². The van der Waals surface area contributed by atoms with Crippen molar-refractivity contribution in [3.8, 4) is 5.69 Å². The highest BCUT2D eigenvalue weighted by molar-refractivity contribution is 5.33. The third-order valence-corrected chi connectivity index (χ3v) is 4.74. The maximum Gasteiger partial charge on any atom is 0.276 e. The lowest BCUT2D eigenvalue weighted by Gasteiger charge is -2.24. The standard InChI is InChI=1S/C20H31N3O2/c1-15(2)11-12-20(4,25)14-21-13-18-16(3)22(5)23(19(18)24)17-9-7-6-8-10-17/h6-10,15,21,25H,11-14H2,1-5H3. The minimum Gasteiger partial charge on any atom is -0.389 e. The zero-order valence-electron chi connectivity index (χ0n) is 16.0. The minimum absolute atomic E-state index is 0.0134. The van der Waals surface area contributed by atoms with Gasteiger partial charge in [0.1, 0.15) is 0 Å². The molecule has 2 aromatic rings. The molecular weight excluding hydrogens is 314 g/mol. The molecule has 0 saturated heterocycles. The van der Waals surface area contributed by atoms with Crippen molar-refractivity contribution in [2.75, 3.05) is 6.54 Å². The van der Waals surface area contributed by atoms with Crippen LogP contribution in [0.4, 0.5) is 0 Å². The van der Waals surface area contributed by atoms with Crippen LogP contribution in [0.1, 0.15) is 44.9 Å². The van der Waals surface area contributed by atoms with Crippen LogP contribution in [0.25, 0.3) is 5.69 Å². The van der Waals surface area contributed by atoms with Gasteiger partial charge in [-0.25, -0.2) is 4.68 Å². The molecule has 0 aliphatic carbocycles. The van der Waals surface area contributed by atoms with Gasteiger partial charge in [0.05, 0.1) is 16.9 Å². The van der Waals surface area contributed by atoms with E-state index in [1.54, 1.807) is 4.68 Å². The normalized spacial score (nSPS) is 14.0. The van der Waals surface area contributed by atoms with Crippen LogP contribution in [0.5, 0.6) is 0 Å². The monoisotopic (exact) mass is 345 g/mol. The second-order valence-corrected chi connectivity index (χ2v) is 7.57. The molecule has 0 spiro atoms. The number of nitrogens with one attached hydrogen (secondary N) is 1. The van der Waals surface area contributed by atoms with Gasteiger partial charge in [-0.2, -0.15) is 0 Å². The Morgan fingerprint density at radius 3 is 2.48 bits per heavy atom. The van der Waals surface area contributed by atoms with Crippen LogP contribution in [0, 0.1) is 12.8 Å². The van der Waals surface area contributed by atoms with E-state index >= 15 is 0 Å². The SMILES string of the molecule is Cc1c(CNCC(C)(O)CCC(C)C)c(=O)n(-c2ccccc2)n1C. The van der Waals surface area contributed by atoms with Crippen LogP contribution in [0.2, 0.25) is 0 Å². The van der Waals surface area contributed by atoms with E-state index in [4.69, 9.17) is 0 Å². The highest BCUT2D eigenvalue weighted by atomic mass is 16.3. The van der Waals surface area contributed by atoms with Gasteiger partial charge in [0.25, 0.3) is 5.56 Å². The summed E-state index contributed by atoms with van der Waals surface area (Å²) in [6, 6.07) is 9.64. The van der Waals surface area contributed by atoms with E-state index in [0.717, 1.165) is 29.8 Å². The molecule has 0 aliphatic heterocycles. The summed E-state index contributed by atoms with van der Waals surface area (Å²) < 4.78 is 3.56. The van der Waals surface area contributed by atoms with Crippen LogP contribution in [-0.4, -0.2) is 26.6 Å². The van der Waals surface area contributed by atoms with Crippen molar-refractivity contribution in [1.29, 1.82) is 0 Å². The summed E-state index contributed by atoms with van der Waals surface area (Å²) in [5.41, 5.74) is 1.76. The predicted octanol–water partition coefficient (Wildman–Crippen LogP) is 2.76. The Balaban J connectivity index is 2.10. The molecule has 1 atom stereocenters. The lowest BCUT2D eigenvalue weighted by atomic mass is 9.95. The molecule has 5 nitrogen and oxygen atoms in total. The van der Waals surface area contributed by atoms with Crippen LogP contribution >= 0.6 is 0 Å². The fourth-order valence-electron chi connectivity index (χ4n) is 2.97. The first-order valence-electron chi connectivity index (χ1n) is 8.99. The molecule has 0 aliphatic rings. The van der Waals surface area contributed by atoms with Gasteiger partial charge in [0.15, 0.2) is 0 Å². The second-order valence-electron chi connectivity index (χ2n) is 7.57. The van der Waals surface area contributed by atoms with Gasteiger partial charge >= 0.3 is 0 Å². The number of aromatic nitrogens is 2. The molecule has 0 amide bonds. The van der Waals surface area contributed by atoms with Crippen molar-refractivity contribution in [3.05, 3.63) is 51.9 Å². The third kappa shape index (κ3) is 4.83. The second kappa shape index (κ2) is 8.02. The number of hydrogen-bond donors (Lipinski definition) is 2. The summed E-state index contributed by atoms with van der Waals surface area (Å²) in [5.74, 6) is 0.570. The molecule has 0 bridgehead atoms. The van der Waals surface area contributed by atoms with Crippen molar-refractivity contribution in [2.45, 2.75) is 52.7 Å². The first-order valence-corrected chi connectivity index (χ1v) is 8.99. The number of aliphatic hydroxyl groups is 1. The molecule has 1 aromatic carbocycles. The maximum absolute atomic E-state index is 12.8. The van der Waals surface area contributed by atoms with Crippen molar-refractivity contribution in [2.24, 2.45) is 13.0 Å². The Labute approximate surface area is 150 Å². The average molecular weight is 345 g/mol. The van der Waals surface area contributed by atoms with Gasteiger partial charge in [-0.15, -0.1) is 0 Å². The van der Waals surface area contributed by atoms with E-state index in [2.05, 4.69) is 19.2 Å². The van der Waals surface area contributed by atoms with Gasteiger partial charge in [0.2, 0.25) is 0 Å². The number of hydrogen-bond acceptors (Lipinski definition) is 3. The number of benzene rings is 1. The molecule has 25 heavy (non-hydrogen) atoms. The summed E-state index contributed by atoms with van der Waals surface area (Å²) in [7, 11) is 1.89. The lowest BCUT2D eigenvalue weighted by Crippen LogP contribution is -2.38. The molecule has 138 valence electrons. The third-order valence-electron chi connectivity index (χ3n) is 4.74. The Hall–Kier alpha value is -1.85. The van der Waals surface area contributed by atoms with Gasteiger partial charge in [-0.3, -0.25) is 9.48 Å². The highest BCUT2D eigenvalue weighted by Crippen LogP contribution is 2.16. The van der Waals surface area contributed by atoms with E-state index in [9.17, 15) is 9.90 Å². The maximum atomic E-state index is 12.8. The fourth-order valence-corrected chi connectivity index (χ4v) is 2.97. The molecule has 0 fully saturated rings. The Kier molecular flexibility index (Phi) is 6.25. The summed E-state index contributed by atoms with van der Waals surface area (Å²) in [6.07, 6.45) is 1.74. The topological polar surface area (TPSA) is 59.2 Å². The van der Waals surface area contributed by atoms with E-state index in [-0.39, 0.29) is 5.56 Å². The van der Waals surface area contributed by atoms with Crippen molar-refractivity contribution in [3.63, 3.8) is 0 Å². The molecule has 1 heterocycles. The Morgan fingerprint density at radius 1 is 1.24 bits per heavy atom. The Bertz CT molecular complexity index is 742. The summed E-state index contributed by atoms with van der Waals surface area (Å²) in [6.45, 7) is 9.04. The summed E-state index contributed by atoms with van der Waals surface area (Å²) >= 11 is 0. The number of rotatable bonds is 8. The lowest BCUT2D eigenvalue weighted by molar-refractivity contribution is 0.0450. The van der Waals surface area contributed by atoms with E-state index < -0.39 is 5.60 Å². The first kappa shape index (κ1) is 19.5. The van der Waals surface area contributed by atoms with Crippen LogP contribution in [0.15, 0.2) is 35.1 Å². The van der Waals surface area contributed by atoms with Crippen molar-refractivity contribution >= 4 is 0 Å². The molecule has 1 aromatic heterocycles. The molecule has 2 N–H and O–H groups in total. The van der Waals surface area contributed by atoms with Crippen LogP contribution in [-0.2, 0) is 13.6 Å². The minimum atomic E-state index is -0.759. The number of para-hydroxylation sites is 1. The first-order chi connectivity index (χ1) is 11.7. The molecule has 2 rings (SSSR count). The fraction of sp³-hybridized carbons (Fsp3) is 0.550. The number of nitrogens with zero attached hydrogens (tertiary/aromatic N) is 2. The predicted molar refractivity (Wildman–Crippen MR) is 102 cm³/mol.